The van der Waals surface area contributed by atoms with Crippen molar-refractivity contribution in [3.63, 3.8) is 0 Å². The molecule has 0 heterocycles. The average molecular weight is 248 g/mol. The van der Waals surface area contributed by atoms with Gasteiger partial charge in [-0.15, -0.1) is 0 Å². The predicted molar refractivity (Wildman–Crippen MR) is 57.3 cm³/mol. The highest BCUT2D eigenvalue weighted by Gasteiger charge is 2.32. The lowest BCUT2D eigenvalue weighted by molar-refractivity contribution is -0.137. The van der Waals surface area contributed by atoms with Crippen LogP contribution in [0.3, 0.4) is 0 Å². The molecular weight excluding hydrogens is 233 g/mol. The van der Waals surface area contributed by atoms with Gasteiger partial charge in [-0.2, -0.15) is 13.2 Å². The molecule has 0 fully saturated rings. The molecule has 2 N–H and O–H groups in total. The van der Waals surface area contributed by atoms with E-state index in [1.165, 1.54) is 12.1 Å². The molecule has 0 aliphatic rings. The van der Waals surface area contributed by atoms with Gasteiger partial charge in [0.2, 0.25) is 0 Å². The van der Waals surface area contributed by atoms with Crippen molar-refractivity contribution < 1.29 is 23.4 Å². The smallest absolute Gasteiger partial charge is 0.393 e. The summed E-state index contributed by atoms with van der Waals surface area (Å²) < 4.78 is 37.0. The first-order chi connectivity index (χ1) is 7.83. The number of halogens is 3. The summed E-state index contributed by atoms with van der Waals surface area (Å²) in [6.07, 6.45) is -3.46. The van der Waals surface area contributed by atoms with Gasteiger partial charge in [-0.25, -0.2) is 0 Å². The summed E-state index contributed by atoms with van der Waals surface area (Å²) in [5.41, 5.74) is -1.92. The third-order valence-corrected chi connectivity index (χ3v) is 2.67. The Morgan fingerprint density at radius 1 is 1.06 bits per heavy atom. The Hall–Kier alpha value is -1.07. The van der Waals surface area contributed by atoms with Gasteiger partial charge in [0.15, 0.2) is 0 Å². The lowest BCUT2D eigenvalue weighted by atomic mass is 9.89. The first-order valence-corrected chi connectivity index (χ1v) is 5.34. The van der Waals surface area contributed by atoms with Crippen LogP contribution in [0.1, 0.15) is 30.9 Å². The summed E-state index contributed by atoms with van der Waals surface area (Å²) >= 11 is 0. The summed E-state index contributed by atoms with van der Waals surface area (Å²) in [5.74, 6) is 0. The Labute approximate surface area is 97.7 Å². The fraction of sp³-hybridized carbons (Fsp3) is 0.500. The van der Waals surface area contributed by atoms with Gasteiger partial charge in [0.25, 0.3) is 0 Å². The van der Waals surface area contributed by atoms with Gasteiger partial charge in [0, 0.05) is 0 Å². The van der Waals surface area contributed by atoms with E-state index in [-0.39, 0.29) is 0 Å². The number of benzene rings is 1. The SMILES string of the molecule is CCCC(O)(CO)c1ccc(C(F)(F)F)cc1. The lowest BCUT2D eigenvalue weighted by Gasteiger charge is -2.26. The highest BCUT2D eigenvalue weighted by molar-refractivity contribution is 5.28. The molecule has 0 aromatic heterocycles. The van der Waals surface area contributed by atoms with Crippen LogP contribution in [0, 0.1) is 0 Å². The van der Waals surface area contributed by atoms with Crippen LogP contribution in [-0.4, -0.2) is 16.8 Å². The quantitative estimate of drug-likeness (QED) is 0.860. The third kappa shape index (κ3) is 3.20. The maximum atomic E-state index is 12.3. The van der Waals surface area contributed by atoms with Crippen LogP contribution in [0.2, 0.25) is 0 Å². The maximum absolute atomic E-state index is 12.3. The molecule has 96 valence electrons. The molecule has 0 radical (unpaired) electrons. The summed E-state index contributed by atoms with van der Waals surface area (Å²) in [7, 11) is 0. The molecule has 2 nitrogen and oxygen atoms in total. The van der Waals surface area contributed by atoms with E-state index >= 15 is 0 Å². The Morgan fingerprint density at radius 2 is 1.53 bits per heavy atom. The molecule has 0 amide bonds. The van der Waals surface area contributed by atoms with Crippen molar-refractivity contribution in [2.24, 2.45) is 0 Å². The molecule has 0 spiro atoms. The van der Waals surface area contributed by atoms with Gasteiger partial charge in [-0.05, 0) is 24.1 Å². The second kappa shape index (κ2) is 5.06. The minimum Gasteiger partial charge on any atom is -0.393 e. The molecule has 1 unspecified atom stereocenters. The van der Waals surface area contributed by atoms with Crippen molar-refractivity contribution in [1.82, 2.24) is 0 Å². The lowest BCUT2D eigenvalue weighted by Crippen LogP contribution is -2.30. The van der Waals surface area contributed by atoms with Crippen molar-refractivity contribution >= 4 is 0 Å². The molecule has 0 saturated heterocycles. The Bertz CT molecular complexity index is 359. The highest BCUT2D eigenvalue weighted by atomic mass is 19.4. The van der Waals surface area contributed by atoms with E-state index in [4.69, 9.17) is 5.11 Å². The van der Waals surface area contributed by atoms with Crippen molar-refractivity contribution in [3.05, 3.63) is 35.4 Å². The van der Waals surface area contributed by atoms with Gasteiger partial charge in [-0.3, -0.25) is 0 Å². The summed E-state index contributed by atoms with van der Waals surface area (Å²) in [6, 6.07) is 4.22. The Balaban J connectivity index is 3.01. The molecule has 0 bridgehead atoms. The zero-order valence-corrected chi connectivity index (χ0v) is 9.46. The summed E-state index contributed by atoms with van der Waals surface area (Å²) in [5, 5.41) is 19.2. The van der Waals surface area contributed by atoms with E-state index in [2.05, 4.69) is 0 Å². The van der Waals surface area contributed by atoms with E-state index in [1.54, 1.807) is 0 Å². The van der Waals surface area contributed by atoms with Crippen LogP contribution in [-0.2, 0) is 11.8 Å². The fourth-order valence-corrected chi connectivity index (χ4v) is 1.70. The number of aliphatic hydroxyl groups excluding tert-OH is 1. The number of alkyl halides is 3. The van der Waals surface area contributed by atoms with Crippen LogP contribution in [0.15, 0.2) is 24.3 Å². The monoisotopic (exact) mass is 248 g/mol. The normalized spacial score (nSPS) is 15.6. The fourth-order valence-electron chi connectivity index (χ4n) is 1.70. The van der Waals surface area contributed by atoms with Gasteiger partial charge in [0.1, 0.15) is 5.60 Å². The van der Waals surface area contributed by atoms with Gasteiger partial charge in [0.05, 0.1) is 12.2 Å². The molecule has 1 atom stereocenters. The van der Waals surface area contributed by atoms with Crippen LogP contribution >= 0.6 is 0 Å². The Morgan fingerprint density at radius 3 is 1.88 bits per heavy atom. The topological polar surface area (TPSA) is 40.5 Å². The van der Waals surface area contributed by atoms with Crippen molar-refractivity contribution in [3.8, 4) is 0 Å². The molecule has 1 aromatic carbocycles. The first-order valence-electron chi connectivity index (χ1n) is 5.34. The van der Waals surface area contributed by atoms with E-state index in [1.807, 2.05) is 6.92 Å². The Kier molecular flexibility index (Phi) is 4.16. The van der Waals surface area contributed by atoms with E-state index in [0.29, 0.717) is 18.4 Å². The van der Waals surface area contributed by atoms with Gasteiger partial charge in [-0.1, -0.05) is 25.5 Å². The van der Waals surface area contributed by atoms with Crippen LogP contribution < -0.4 is 0 Å². The number of hydrogen-bond donors (Lipinski definition) is 2. The minimum atomic E-state index is -4.39. The number of aliphatic hydroxyl groups is 2. The summed E-state index contributed by atoms with van der Waals surface area (Å²) in [4.78, 5) is 0. The summed E-state index contributed by atoms with van der Waals surface area (Å²) in [6.45, 7) is 1.32. The standard InChI is InChI=1S/C12H15F3O2/c1-2-7-11(17,8-16)9-3-5-10(6-4-9)12(13,14)15/h3-6,16-17H,2,7-8H2,1H3. The van der Waals surface area contributed by atoms with Crippen LogP contribution in [0.25, 0.3) is 0 Å². The van der Waals surface area contributed by atoms with Crippen molar-refractivity contribution in [1.29, 1.82) is 0 Å². The van der Waals surface area contributed by atoms with E-state index < -0.39 is 23.9 Å². The first kappa shape index (κ1) is 14.0. The third-order valence-electron chi connectivity index (χ3n) is 2.67. The van der Waals surface area contributed by atoms with Crippen LogP contribution in [0.4, 0.5) is 13.2 Å². The largest absolute Gasteiger partial charge is 0.416 e. The molecular formula is C12H15F3O2. The van der Waals surface area contributed by atoms with E-state index in [9.17, 15) is 18.3 Å². The second-order valence-corrected chi connectivity index (χ2v) is 4.01. The van der Waals surface area contributed by atoms with Crippen LogP contribution in [0.5, 0.6) is 0 Å². The molecule has 1 rings (SSSR count). The number of hydrogen-bond acceptors (Lipinski definition) is 2. The number of rotatable bonds is 4. The average Bonchev–Trinajstić information content (AvgIpc) is 2.28. The van der Waals surface area contributed by atoms with Crippen molar-refractivity contribution in [2.45, 2.75) is 31.5 Å². The highest BCUT2D eigenvalue weighted by Crippen LogP contribution is 2.32. The van der Waals surface area contributed by atoms with Gasteiger partial charge >= 0.3 is 6.18 Å². The molecule has 5 heteroatoms. The van der Waals surface area contributed by atoms with Crippen molar-refractivity contribution in [2.75, 3.05) is 6.61 Å². The molecule has 0 saturated carbocycles. The zero-order valence-electron chi connectivity index (χ0n) is 9.46. The maximum Gasteiger partial charge on any atom is 0.416 e. The molecule has 0 aliphatic carbocycles. The van der Waals surface area contributed by atoms with Gasteiger partial charge < -0.3 is 10.2 Å². The molecule has 0 aliphatic heterocycles. The van der Waals surface area contributed by atoms with E-state index in [0.717, 1.165) is 12.1 Å². The minimum absolute atomic E-state index is 0.300. The second-order valence-electron chi connectivity index (χ2n) is 4.01. The predicted octanol–water partition coefficient (Wildman–Crippen LogP) is 2.69. The molecule has 17 heavy (non-hydrogen) atoms. The molecule has 1 aromatic rings. The zero-order chi connectivity index (χ0) is 13.1.